The summed E-state index contributed by atoms with van der Waals surface area (Å²) in [4.78, 5) is 21.7. The second kappa shape index (κ2) is 11.4. The summed E-state index contributed by atoms with van der Waals surface area (Å²) in [6, 6.07) is 10.5. The first-order chi connectivity index (χ1) is 17.8. The first-order valence-corrected chi connectivity index (χ1v) is 11.8. The van der Waals surface area contributed by atoms with E-state index >= 15 is 0 Å². The van der Waals surface area contributed by atoms with Crippen LogP contribution in [0.4, 0.5) is 13.2 Å². The Bertz CT molecular complexity index is 1370. The lowest BCUT2D eigenvalue weighted by Crippen LogP contribution is -2.19. The van der Waals surface area contributed by atoms with Gasteiger partial charge in [-0.1, -0.05) is 24.3 Å². The Morgan fingerprint density at radius 3 is 2.62 bits per heavy atom. The van der Waals surface area contributed by atoms with Crippen LogP contribution in [0.2, 0.25) is 0 Å². The van der Waals surface area contributed by atoms with Gasteiger partial charge in [0.1, 0.15) is 11.4 Å². The Morgan fingerprint density at radius 2 is 1.92 bits per heavy atom. The molecule has 2 heterocycles. The smallest absolute Gasteiger partial charge is 0.416 e. The number of rotatable bonds is 8. The second-order valence-electron chi connectivity index (χ2n) is 8.73. The number of methoxy groups -OCH3 is 1. The zero-order valence-electron chi connectivity index (χ0n) is 20.2. The molecule has 10 heteroatoms. The molecule has 1 saturated carbocycles. The van der Waals surface area contributed by atoms with Crippen molar-refractivity contribution in [3.8, 4) is 17.0 Å². The van der Waals surface area contributed by atoms with Gasteiger partial charge in [-0.25, -0.2) is 9.78 Å². The lowest BCUT2D eigenvalue weighted by molar-refractivity contribution is -0.137. The van der Waals surface area contributed by atoms with Gasteiger partial charge in [0.25, 0.3) is 0 Å². The monoisotopic (exact) mass is 512 g/mol. The van der Waals surface area contributed by atoms with E-state index in [-0.39, 0.29) is 17.0 Å². The third kappa shape index (κ3) is 6.65. The molecule has 0 saturated heterocycles. The number of H-pyrrole nitrogens is 1. The van der Waals surface area contributed by atoms with Crippen LogP contribution < -0.4 is 10.1 Å². The number of halogens is 3. The van der Waals surface area contributed by atoms with Crippen LogP contribution in [-0.2, 0) is 12.6 Å². The molecule has 0 unspecified atom stereocenters. The number of hydrogen-bond acceptors (Lipinski definition) is 5. The third-order valence-electron chi connectivity index (χ3n) is 6.05. The SMILES string of the molecule is COc1cccc2c(CCNCC3CC3)c[nH]c12.O=C(O)c1nccnc1-c1cccc(C(F)(F)F)c1. The first kappa shape index (κ1) is 26.2. The van der Waals surface area contributed by atoms with Gasteiger partial charge in [0.15, 0.2) is 5.69 Å². The van der Waals surface area contributed by atoms with Gasteiger partial charge in [0.05, 0.1) is 18.2 Å². The average molecular weight is 513 g/mol. The molecule has 1 fully saturated rings. The highest BCUT2D eigenvalue weighted by atomic mass is 19.4. The number of ether oxygens (including phenoxy) is 1. The Kier molecular flexibility index (Phi) is 8.08. The minimum absolute atomic E-state index is 0.0559. The number of carbonyl (C=O) groups is 1. The van der Waals surface area contributed by atoms with E-state index in [4.69, 9.17) is 9.84 Å². The number of alkyl halides is 3. The average Bonchev–Trinajstić information content (AvgIpc) is 3.64. The van der Waals surface area contributed by atoms with Gasteiger partial charge in [-0.2, -0.15) is 13.2 Å². The number of nitrogens with one attached hydrogen (secondary N) is 2. The number of aromatic amines is 1. The molecule has 0 bridgehead atoms. The molecule has 194 valence electrons. The van der Waals surface area contributed by atoms with Gasteiger partial charge in [-0.3, -0.25) is 4.98 Å². The van der Waals surface area contributed by atoms with Crippen molar-refractivity contribution < 1.29 is 27.8 Å². The molecule has 2 aromatic heterocycles. The van der Waals surface area contributed by atoms with Gasteiger partial charge >= 0.3 is 12.1 Å². The van der Waals surface area contributed by atoms with Gasteiger partial charge in [0, 0.05) is 29.5 Å². The maximum absolute atomic E-state index is 12.6. The molecule has 4 aromatic rings. The maximum Gasteiger partial charge on any atom is 0.416 e. The zero-order valence-corrected chi connectivity index (χ0v) is 20.2. The van der Waals surface area contributed by atoms with Crippen LogP contribution in [0.15, 0.2) is 61.1 Å². The molecular weight excluding hydrogens is 485 g/mol. The van der Waals surface area contributed by atoms with Crippen LogP contribution >= 0.6 is 0 Å². The fourth-order valence-corrected chi connectivity index (χ4v) is 3.96. The van der Waals surface area contributed by atoms with E-state index in [0.717, 1.165) is 42.3 Å². The van der Waals surface area contributed by atoms with Crippen molar-refractivity contribution in [2.45, 2.75) is 25.4 Å². The highest BCUT2D eigenvalue weighted by molar-refractivity contribution is 5.92. The van der Waals surface area contributed by atoms with Gasteiger partial charge in [-0.05, 0) is 62.0 Å². The molecule has 5 rings (SSSR count). The zero-order chi connectivity index (χ0) is 26.4. The van der Waals surface area contributed by atoms with Crippen LogP contribution in [-0.4, -0.2) is 46.2 Å². The van der Waals surface area contributed by atoms with E-state index in [2.05, 4.69) is 38.6 Å². The summed E-state index contributed by atoms with van der Waals surface area (Å²) in [6.07, 6.45) is 3.89. The lowest BCUT2D eigenvalue weighted by Gasteiger charge is -2.09. The van der Waals surface area contributed by atoms with E-state index in [1.54, 1.807) is 7.11 Å². The molecule has 37 heavy (non-hydrogen) atoms. The maximum atomic E-state index is 12.6. The van der Waals surface area contributed by atoms with Crippen molar-refractivity contribution in [2.24, 2.45) is 5.92 Å². The topological polar surface area (TPSA) is 100 Å². The number of carboxylic acid groups (broad SMARTS) is 1. The van der Waals surface area contributed by atoms with Crippen LogP contribution in [0.1, 0.15) is 34.5 Å². The quantitative estimate of drug-likeness (QED) is 0.267. The Labute approximate surface area is 211 Å². The van der Waals surface area contributed by atoms with Crippen LogP contribution in [0.25, 0.3) is 22.2 Å². The molecule has 3 N–H and O–H groups in total. The minimum Gasteiger partial charge on any atom is -0.495 e. The molecule has 2 aromatic carbocycles. The Hall–Kier alpha value is -3.92. The highest BCUT2D eigenvalue weighted by Gasteiger charge is 2.31. The summed E-state index contributed by atoms with van der Waals surface area (Å²) in [5, 5.41) is 13.7. The number of benzene rings is 2. The Morgan fingerprint density at radius 1 is 1.16 bits per heavy atom. The molecule has 0 aliphatic heterocycles. The van der Waals surface area contributed by atoms with Crippen LogP contribution in [0, 0.1) is 5.92 Å². The van der Waals surface area contributed by atoms with E-state index in [1.165, 1.54) is 54.9 Å². The van der Waals surface area contributed by atoms with Crippen LogP contribution in [0.5, 0.6) is 5.75 Å². The number of fused-ring (bicyclic) bond motifs is 1. The molecule has 7 nitrogen and oxygen atoms in total. The first-order valence-electron chi connectivity index (χ1n) is 11.8. The molecule has 0 atom stereocenters. The molecule has 0 spiro atoms. The second-order valence-corrected chi connectivity index (χ2v) is 8.73. The normalized spacial score (nSPS) is 13.2. The van der Waals surface area contributed by atoms with Gasteiger partial charge < -0.3 is 20.1 Å². The summed E-state index contributed by atoms with van der Waals surface area (Å²) in [5.74, 6) is 0.526. The van der Waals surface area contributed by atoms with Crippen molar-refractivity contribution in [2.75, 3.05) is 20.2 Å². The highest BCUT2D eigenvalue weighted by Crippen LogP contribution is 2.32. The number of nitrogens with zero attached hydrogens (tertiary/aromatic N) is 2. The predicted molar refractivity (Wildman–Crippen MR) is 134 cm³/mol. The number of para-hydroxylation sites is 1. The number of hydrogen-bond donors (Lipinski definition) is 3. The van der Waals surface area contributed by atoms with Crippen molar-refractivity contribution in [1.29, 1.82) is 0 Å². The Balaban J connectivity index is 0.000000173. The summed E-state index contributed by atoms with van der Waals surface area (Å²) < 4.78 is 43.1. The molecule has 1 aliphatic rings. The van der Waals surface area contributed by atoms with Crippen molar-refractivity contribution in [1.82, 2.24) is 20.3 Å². The number of carboxylic acids is 1. The molecule has 0 amide bonds. The number of aromatic nitrogens is 3. The summed E-state index contributed by atoms with van der Waals surface area (Å²) in [6.45, 7) is 2.24. The van der Waals surface area contributed by atoms with E-state index in [9.17, 15) is 18.0 Å². The predicted octanol–water partition coefficient (Wildman–Crippen LogP) is 5.58. The van der Waals surface area contributed by atoms with Gasteiger partial charge in [0.2, 0.25) is 0 Å². The summed E-state index contributed by atoms with van der Waals surface area (Å²) in [7, 11) is 1.71. The third-order valence-corrected chi connectivity index (χ3v) is 6.05. The molecular formula is C27H27F3N4O3. The summed E-state index contributed by atoms with van der Waals surface area (Å²) in [5.41, 5.74) is 1.18. The van der Waals surface area contributed by atoms with Crippen molar-refractivity contribution in [3.63, 3.8) is 0 Å². The standard InChI is InChI=1S/C15H20N2O.C12H7F3N2O2/c1-18-14-4-2-3-13-12(10-17-15(13)14)7-8-16-9-11-5-6-11;13-12(14,15)8-3-1-2-7(6-8)9-10(11(18)19)17-5-4-16-9/h2-4,10-11,16-17H,5-9H2,1H3;1-6H,(H,18,19). The summed E-state index contributed by atoms with van der Waals surface area (Å²) >= 11 is 0. The van der Waals surface area contributed by atoms with Crippen LogP contribution in [0.3, 0.4) is 0 Å². The van der Waals surface area contributed by atoms with Crippen molar-refractivity contribution >= 4 is 16.9 Å². The van der Waals surface area contributed by atoms with E-state index in [0.29, 0.717) is 0 Å². The fraction of sp³-hybridized carbons (Fsp3) is 0.296. The van der Waals surface area contributed by atoms with E-state index in [1.807, 2.05) is 6.07 Å². The van der Waals surface area contributed by atoms with Crippen molar-refractivity contribution in [3.05, 3.63) is 77.9 Å². The largest absolute Gasteiger partial charge is 0.495 e. The lowest BCUT2D eigenvalue weighted by atomic mass is 10.1. The van der Waals surface area contributed by atoms with E-state index < -0.39 is 17.7 Å². The fourth-order valence-electron chi connectivity index (χ4n) is 3.96. The van der Waals surface area contributed by atoms with Gasteiger partial charge in [-0.15, -0.1) is 0 Å². The molecule has 1 aliphatic carbocycles. The minimum atomic E-state index is -4.50. The molecule has 0 radical (unpaired) electrons. The number of aromatic carboxylic acids is 1.